The topological polar surface area (TPSA) is 597 Å². The number of carbonyl (C=O) groups is 15. The van der Waals surface area contributed by atoms with E-state index in [-0.39, 0.29) is 58.2 Å². The summed E-state index contributed by atoms with van der Waals surface area (Å²) in [5, 5.41) is 74.2. The first-order chi connectivity index (χ1) is 43.5. The molecule has 0 spiro atoms. The molecule has 1 aliphatic rings. The van der Waals surface area contributed by atoms with Crippen molar-refractivity contribution in [3.05, 3.63) is 35.9 Å². The molecular formula is C55H88N16O20S. The molecule has 1 aromatic rings. The number of unbranched alkanes of at least 4 members (excludes halogenated alkanes) is 2. The summed E-state index contributed by atoms with van der Waals surface area (Å²) in [5.74, 6) is -16.7. The van der Waals surface area contributed by atoms with Gasteiger partial charge in [0, 0.05) is 25.1 Å². The van der Waals surface area contributed by atoms with E-state index in [2.05, 4.69) is 71.1 Å². The first-order valence-electron chi connectivity index (χ1n) is 29.5. The number of nitrogens with one attached hydrogen (secondary N) is 11. The molecule has 514 valence electrons. The molecular weight excluding hydrogens is 1240 g/mol. The Hall–Kier alpha value is -8.62. The van der Waals surface area contributed by atoms with Crippen LogP contribution in [0.5, 0.6) is 0 Å². The Morgan fingerprint density at radius 1 is 0.565 bits per heavy atom. The number of aliphatic hydroxyl groups is 3. The second-order valence-electron chi connectivity index (χ2n) is 21.5. The van der Waals surface area contributed by atoms with Gasteiger partial charge in [-0.05, 0) is 90.3 Å². The number of aliphatic hydroxyl groups excluding tert-OH is 3. The van der Waals surface area contributed by atoms with Gasteiger partial charge in [-0.1, -0.05) is 30.3 Å². The number of carboxylic acid groups (broad SMARTS) is 2. The molecule has 0 bridgehead atoms. The quantitative estimate of drug-likeness (QED) is 0.0213. The standard InChI is InChI=1S/C55H88N16O20S/c1-28(62-48(84)32(13-6-8-18-56)63-46(82)31(58)25-72)45(81)70-44(29(2)74)55(91)60-23-41(76)71-20-10-15-39(71)54(90)65-33(14-7-9-19-57)49(85)64-34(16-17-40(59)75)50(86)67-36(22-42(77)78)51(87)68-37(26-73)52(88)69-38(27-92)53(89)66-35(47(83)61-24-43(79)80)21-30-11-4-3-5-12-30/h3-5,11-12,28-29,31-39,44,72-74,92H,6-10,13-27,56-58H2,1-2H3,(H2,59,75)(H,60,91)(H,61,83)(H,62,84)(H,63,82)(H,64,85)(H,65,90)(H,66,89)(H,67,86)(H,68,87)(H,69,88)(H,70,81)(H,77,78)(H,79,80)/t28-,29+,31-,32-,33-,34-,35-,36-,37-,38-,39-,44-/m0/s1. The number of aliphatic carboxylic acids is 2. The Bertz CT molecular complexity index is 2720. The zero-order valence-corrected chi connectivity index (χ0v) is 51.9. The number of carbonyl (C=O) groups excluding carboxylic acids is 13. The van der Waals surface area contributed by atoms with Gasteiger partial charge < -0.3 is 112 Å². The summed E-state index contributed by atoms with van der Waals surface area (Å²) in [7, 11) is 0. The van der Waals surface area contributed by atoms with E-state index in [1.54, 1.807) is 30.3 Å². The number of thiol groups is 1. The lowest BCUT2D eigenvalue weighted by Gasteiger charge is -2.28. The molecule has 24 N–H and O–H groups in total. The average Bonchev–Trinajstić information content (AvgIpc) is 1.62. The van der Waals surface area contributed by atoms with Gasteiger partial charge in [0.15, 0.2) is 0 Å². The number of hydrogen-bond donors (Lipinski definition) is 21. The molecule has 13 amide bonds. The molecule has 1 heterocycles. The van der Waals surface area contributed by atoms with Crippen molar-refractivity contribution >= 4 is 101 Å². The van der Waals surface area contributed by atoms with E-state index in [0.29, 0.717) is 24.8 Å². The van der Waals surface area contributed by atoms with Gasteiger partial charge in [0.2, 0.25) is 76.8 Å². The minimum absolute atomic E-state index is 0.0161. The molecule has 1 fully saturated rings. The highest BCUT2D eigenvalue weighted by Gasteiger charge is 2.39. The predicted octanol–water partition coefficient (Wildman–Crippen LogP) is -9.46. The fourth-order valence-electron chi connectivity index (χ4n) is 8.96. The number of amides is 13. The first-order valence-corrected chi connectivity index (χ1v) is 30.2. The van der Waals surface area contributed by atoms with Crippen molar-refractivity contribution in [2.24, 2.45) is 22.9 Å². The largest absolute Gasteiger partial charge is 0.481 e. The van der Waals surface area contributed by atoms with Gasteiger partial charge in [0.1, 0.15) is 73.0 Å². The monoisotopic (exact) mass is 1320 g/mol. The second kappa shape index (κ2) is 41.7. The van der Waals surface area contributed by atoms with Crippen LogP contribution in [-0.4, -0.2) is 243 Å². The summed E-state index contributed by atoms with van der Waals surface area (Å²) in [5.41, 5.74) is 22.7. The summed E-state index contributed by atoms with van der Waals surface area (Å²) >= 11 is 4.10. The third kappa shape index (κ3) is 28.3. The summed E-state index contributed by atoms with van der Waals surface area (Å²) in [4.78, 5) is 198. The number of primary amides is 1. The highest BCUT2D eigenvalue weighted by atomic mass is 32.1. The molecule has 0 unspecified atom stereocenters. The lowest BCUT2D eigenvalue weighted by Crippen LogP contribution is -2.61. The SMILES string of the molecule is C[C@H](NC(=O)[C@H](CCCCN)NC(=O)[C@@H](N)CO)C(=O)N[C@H](C(=O)NCC(=O)N1CCC[C@H]1C(=O)N[C@@H](CCCCN)C(=O)N[C@@H](CCC(N)=O)C(=O)N[C@@H](CC(=O)O)C(=O)N[C@@H](CO)C(=O)N[C@@H](CS)C(=O)N[C@@H](Cc1ccccc1)C(=O)NCC(=O)O)[C@@H](C)O. The molecule has 2 rings (SSSR count). The molecule has 0 saturated carbocycles. The van der Waals surface area contributed by atoms with Crippen LogP contribution in [0.3, 0.4) is 0 Å². The van der Waals surface area contributed by atoms with Gasteiger partial charge in [-0.3, -0.25) is 71.9 Å². The zero-order chi connectivity index (χ0) is 69.2. The number of hydrogen-bond acceptors (Lipinski definition) is 22. The Labute approximate surface area is 534 Å². The molecule has 36 nitrogen and oxygen atoms in total. The van der Waals surface area contributed by atoms with Crippen molar-refractivity contribution in [1.82, 2.24) is 63.4 Å². The van der Waals surface area contributed by atoms with Crippen LogP contribution in [0, 0.1) is 0 Å². The molecule has 92 heavy (non-hydrogen) atoms. The third-order valence-corrected chi connectivity index (χ3v) is 14.4. The fraction of sp³-hybridized carbons (Fsp3) is 0.618. The minimum atomic E-state index is -2.07. The van der Waals surface area contributed by atoms with Crippen molar-refractivity contribution in [2.45, 2.75) is 163 Å². The fourth-order valence-corrected chi connectivity index (χ4v) is 9.22. The van der Waals surface area contributed by atoms with E-state index in [0.717, 1.165) is 11.8 Å². The second-order valence-corrected chi connectivity index (χ2v) is 21.8. The number of benzene rings is 1. The van der Waals surface area contributed by atoms with Crippen LogP contribution >= 0.6 is 12.6 Å². The van der Waals surface area contributed by atoms with E-state index in [4.69, 9.17) is 28.0 Å². The highest BCUT2D eigenvalue weighted by molar-refractivity contribution is 7.80. The average molecular weight is 1330 g/mol. The van der Waals surface area contributed by atoms with Crippen molar-refractivity contribution < 1.29 is 97.5 Å². The number of rotatable bonds is 43. The van der Waals surface area contributed by atoms with Crippen LogP contribution < -0.4 is 81.4 Å². The molecule has 0 aliphatic carbocycles. The lowest BCUT2D eigenvalue weighted by molar-refractivity contribution is -0.142. The molecule has 0 aromatic heterocycles. The van der Waals surface area contributed by atoms with Gasteiger partial charge >= 0.3 is 11.9 Å². The van der Waals surface area contributed by atoms with Crippen molar-refractivity contribution in [3.8, 4) is 0 Å². The smallest absolute Gasteiger partial charge is 0.322 e. The first kappa shape index (κ1) is 79.5. The van der Waals surface area contributed by atoms with Crippen molar-refractivity contribution in [3.63, 3.8) is 0 Å². The van der Waals surface area contributed by atoms with Gasteiger partial charge in [-0.25, -0.2) is 0 Å². The van der Waals surface area contributed by atoms with Gasteiger partial charge in [-0.2, -0.15) is 12.6 Å². The Balaban J connectivity index is 2.25. The minimum Gasteiger partial charge on any atom is -0.481 e. The molecule has 12 atom stereocenters. The normalized spacial score (nSPS) is 16.2. The molecule has 1 aromatic carbocycles. The number of carboxylic acids is 2. The van der Waals surface area contributed by atoms with Crippen LogP contribution in [0.25, 0.3) is 0 Å². The summed E-state index contributed by atoms with van der Waals surface area (Å²) in [6.07, 6.45) is -2.34. The van der Waals surface area contributed by atoms with E-state index < -0.39 is 213 Å². The summed E-state index contributed by atoms with van der Waals surface area (Å²) in [6, 6.07) is -8.84. The summed E-state index contributed by atoms with van der Waals surface area (Å²) < 4.78 is 0. The van der Waals surface area contributed by atoms with Gasteiger partial charge in [-0.15, -0.1) is 0 Å². The number of nitrogens with zero attached hydrogens (tertiary/aromatic N) is 1. The van der Waals surface area contributed by atoms with Crippen LogP contribution in [0.4, 0.5) is 0 Å². The van der Waals surface area contributed by atoms with E-state index in [1.807, 2.05) is 0 Å². The number of likely N-dealkylation sites (tertiary alicyclic amines) is 1. The van der Waals surface area contributed by atoms with Gasteiger partial charge in [0.05, 0.1) is 32.3 Å². The van der Waals surface area contributed by atoms with Crippen molar-refractivity contribution in [2.75, 3.05) is 51.7 Å². The van der Waals surface area contributed by atoms with Crippen LogP contribution in [-0.2, 0) is 78.3 Å². The van der Waals surface area contributed by atoms with E-state index >= 15 is 0 Å². The highest BCUT2D eigenvalue weighted by Crippen LogP contribution is 2.19. The Morgan fingerprint density at radius 2 is 1.07 bits per heavy atom. The van der Waals surface area contributed by atoms with Crippen LogP contribution in [0.2, 0.25) is 0 Å². The van der Waals surface area contributed by atoms with Gasteiger partial charge in [0.25, 0.3) is 0 Å². The predicted molar refractivity (Wildman–Crippen MR) is 326 cm³/mol. The third-order valence-electron chi connectivity index (χ3n) is 14.1. The van der Waals surface area contributed by atoms with E-state index in [1.165, 1.54) is 6.92 Å². The van der Waals surface area contributed by atoms with Crippen molar-refractivity contribution in [1.29, 1.82) is 0 Å². The lowest BCUT2D eigenvalue weighted by atomic mass is 10.0. The maximum Gasteiger partial charge on any atom is 0.322 e. The molecule has 1 saturated heterocycles. The van der Waals surface area contributed by atoms with E-state index in [9.17, 15) is 92.3 Å². The molecule has 0 radical (unpaired) electrons. The van der Waals surface area contributed by atoms with Crippen LogP contribution in [0.1, 0.15) is 90.0 Å². The van der Waals surface area contributed by atoms with Crippen LogP contribution in [0.15, 0.2) is 30.3 Å². The molecule has 1 aliphatic heterocycles. The maximum absolute atomic E-state index is 14.1. The Morgan fingerprint density at radius 3 is 1.61 bits per heavy atom. The number of nitrogens with two attached hydrogens (primary N) is 4. The molecule has 37 heteroatoms. The summed E-state index contributed by atoms with van der Waals surface area (Å²) in [6.45, 7) is -0.632. The Kier molecular flexibility index (Phi) is 36.0. The zero-order valence-electron chi connectivity index (χ0n) is 51.0. The maximum atomic E-state index is 14.1.